The van der Waals surface area contributed by atoms with E-state index in [0.717, 1.165) is 12.0 Å². The third-order valence-corrected chi connectivity index (χ3v) is 3.93. The van der Waals surface area contributed by atoms with Crippen molar-refractivity contribution in [2.75, 3.05) is 5.73 Å². The Hall–Kier alpha value is -3.56. The van der Waals surface area contributed by atoms with Crippen molar-refractivity contribution in [2.24, 2.45) is 5.10 Å². The molecule has 2 aromatic heterocycles. The number of hydrazone groups is 1. The number of benzene rings is 1. The summed E-state index contributed by atoms with van der Waals surface area (Å²) in [5.41, 5.74) is 10.9. The van der Waals surface area contributed by atoms with Crippen LogP contribution in [0.25, 0.3) is 5.82 Å². The fourth-order valence-corrected chi connectivity index (χ4v) is 2.52. The lowest BCUT2D eigenvalue weighted by atomic mass is 10.1. The number of anilines is 1. The average Bonchev–Trinajstić information content (AvgIpc) is 3.28. The monoisotopic (exact) mass is 368 g/mol. The van der Waals surface area contributed by atoms with Crippen LogP contribution in [0.3, 0.4) is 0 Å². The molecule has 2 heterocycles. The molecule has 0 atom stereocenters. The van der Waals surface area contributed by atoms with Crippen LogP contribution in [0.5, 0.6) is 0 Å². The molecular weight excluding hydrogens is 348 g/mol. The second-order valence-electron chi connectivity index (χ2n) is 6.16. The SMILES string of the molecule is CCc1ccc(/C=N/NC(=O)c2nnn(-c3nonc3N)c2C(C)C)cc1. The van der Waals surface area contributed by atoms with Gasteiger partial charge in [-0.25, -0.2) is 10.1 Å². The van der Waals surface area contributed by atoms with Crippen LogP contribution in [0.4, 0.5) is 5.82 Å². The Bertz CT molecular complexity index is 956. The normalized spacial score (nSPS) is 11.4. The van der Waals surface area contributed by atoms with Gasteiger partial charge in [-0.05, 0) is 33.8 Å². The molecule has 10 heteroatoms. The highest BCUT2D eigenvalue weighted by Crippen LogP contribution is 2.22. The Kier molecular flexibility index (Phi) is 5.25. The minimum absolute atomic E-state index is 0.0577. The van der Waals surface area contributed by atoms with E-state index in [1.54, 1.807) is 6.21 Å². The second kappa shape index (κ2) is 7.77. The molecule has 1 amide bonds. The number of hydrogen-bond donors (Lipinski definition) is 2. The zero-order valence-electron chi connectivity index (χ0n) is 15.2. The Balaban J connectivity index is 1.79. The summed E-state index contributed by atoms with van der Waals surface area (Å²) in [6.07, 6.45) is 2.53. The van der Waals surface area contributed by atoms with Gasteiger partial charge in [0.1, 0.15) is 0 Å². The number of nitrogens with two attached hydrogens (primary N) is 1. The van der Waals surface area contributed by atoms with Crippen molar-refractivity contribution in [1.82, 2.24) is 30.7 Å². The third-order valence-electron chi connectivity index (χ3n) is 3.93. The van der Waals surface area contributed by atoms with Gasteiger partial charge in [0.05, 0.1) is 11.9 Å². The molecule has 0 bridgehead atoms. The van der Waals surface area contributed by atoms with Crippen LogP contribution >= 0.6 is 0 Å². The van der Waals surface area contributed by atoms with E-state index in [9.17, 15) is 4.79 Å². The van der Waals surface area contributed by atoms with Crippen LogP contribution in [0.2, 0.25) is 0 Å². The number of rotatable bonds is 6. The Morgan fingerprint density at radius 3 is 2.67 bits per heavy atom. The second-order valence-corrected chi connectivity index (χ2v) is 6.16. The van der Waals surface area contributed by atoms with Crippen LogP contribution in [-0.2, 0) is 6.42 Å². The van der Waals surface area contributed by atoms with Crippen LogP contribution in [-0.4, -0.2) is 37.4 Å². The van der Waals surface area contributed by atoms with E-state index in [1.165, 1.54) is 10.2 Å². The summed E-state index contributed by atoms with van der Waals surface area (Å²) >= 11 is 0. The number of aromatic nitrogens is 5. The standard InChI is InChI=1S/C17H20N8O2/c1-4-11-5-7-12(8-6-11)9-19-21-17(26)13-14(10(2)3)25(24-20-13)16-15(18)22-27-23-16/h5-10H,4H2,1-3H3,(H2,18,22)(H,21,26)/b19-9+. The molecule has 3 N–H and O–H groups in total. The molecule has 0 saturated heterocycles. The fraction of sp³-hybridized carbons (Fsp3) is 0.294. The number of hydrogen-bond acceptors (Lipinski definition) is 8. The molecule has 3 aromatic rings. The predicted molar refractivity (Wildman–Crippen MR) is 98.6 cm³/mol. The molecule has 1 aromatic carbocycles. The molecule has 10 nitrogen and oxygen atoms in total. The average molecular weight is 368 g/mol. The number of aryl methyl sites for hydroxylation is 1. The van der Waals surface area contributed by atoms with E-state index in [0.29, 0.717) is 5.69 Å². The highest BCUT2D eigenvalue weighted by molar-refractivity contribution is 5.94. The summed E-state index contributed by atoms with van der Waals surface area (Å²) in [6.45, 7) is 5.88. The minimum Gasteiger partial charge on any atom is -0.378 e. The first kappa shape index (κ1) is 18.2. The highest BCUT2D eigenvalue weighted by atomic mass is 16.6. The lowest BCUT2D eigenvalue weighted by molar-refractivity contribution is 0.0948. The Labute approximate surface area is 155 Å². The van der Waals surface area contributed by atoms with Gasteiger partial charge in [-0.2, -0.15) is 9.78 Å². The molecule has 0 aliphatic heterocycles. The zero-order valence-corrected chi connectivity index (χ0v) is 15.2. The summed E-state index contributed by atoms with van der Waals surface area (Å²) < 4.78 is 5.94. The fourth-order valence-electron chi connectivity index (χ4n) is 2.52. The summed E-state index contributed by atoms with van der Waals surface area (Å²) in [6, 6.07) is 7.90. The van der Waals surface area contributed by atoms with Crippen LogP contribution < -0.4 is 11.2 Å². The van der Waals surface area contributed by atoms with Gasteiger partial charge in [-0.15, -0.1) is 5.10 Å². The smallest absolute Gasteiger partial charge is 0.293 e. The van der Waals surface area contributed by atoms with Crippen molar-refractivity contribution in [3.8, 4) is 5.82 Å². The quantitative estimate of drug-likeness (QED) is 0.499. The summed E-state index contributed by atoms with van der Waals surface area (Å²) in [7, 11) is 0. The van der Waals surface area contributed by atoms with Crippen LogP contribution in [0.15, 0.2) is 34.0 Å². The number of carbonyl (C=O) groups excluding carboxylic acids is 1. The number of nitrogens with one attached hydrogen (secondary N) is 1. The van der Waals surface area contributed by atoms with E-state index >= 15 is 0 Å². The number of nitrogens with zero attached hydrogens (tertiary/aromatic N) is 6. The molecule has 0 unspecified atom stereocenters. The maximum Gasteiger partial charge on any atom is 0.293 e. The topological polar surface area (TPSA) is 137 Å². The number of carbonyl (C=O) groups is 1. The van der Waals surface area contributed by atoms with E-state index in [-0.39, 0.29) is 23.2 Å². The van der Waals surface area contributed by atoms with E-state index in [1.807, 2.05) is 38.1 Å². The van der Waals surface area contributed by atoms with E-state index in [4.69, 9.17) is 5.73 Å². The van der Waals surface area contributed by atoms with Gasteiger partial charge in [0.25, 0.3) is 5.91 Å². The predicted octanol–water partition coefficient (Wildman–Crippen LogP) is 1.68. The Morgan fingerprint density at radius 2 is 2.07 bits per heavy atom. The van der Waals surface area contributed by atoms with E-state index < -0.39 is 5.91 Å². The molecule has 140 valence electrons. The largest absolute Gasteiger partial charge is 0.378 e. The summed E-state index contributed by atoms with van der Waals surface area (Å²) in [5, 5.41) is 19.1. The van der Waals surface area contributed by atoms with Gasteiger partial charge in [0.2, 0.25) is 11.6 Å². The van der Waals surface area contributed by atoms with Gasteiger partial charge in [-0.1, -0.05) is 50.3 Å². The van der Waals surface area contributed by atoms with Crippen LogP contribution in [0, 0.1) is 0 Å². The lowest BCUT2D eigenvalue weighted by Crippen LogP contribution is -2.21. The lowest BCUT2D eigenvalue weighted by Gasteiger charge is -2.08. The van der Waals surface area contributed by atoms with Crippen molar-refractivity contribution >= 4 is 17.9 Å². The van der Waals surface area contributed by atoms with Crippen molar-refractivity contribution in [2.45, 2.75) is 33.1 Å². The third kappa shape index (κ3) is 3.84. The van der Waals surface area contributed by atoms with Crippen molar-refractivity contribution in [3.63, 3.8) is 0 Å². The molecule has 0 spiro atoms. The maximum atomic E-state index is 12.5. The molecule has 0 radical (unpaired) electrons. The first-order chi connectivity index (χ1) is 13.0. The summed E-state index contributed by atoms with van der Waals surface area (Å²) in [5.74, 6) is -0.323. The molecule has 3 rings (SSSR count). The first-order valence-electron chi connectivity index (χ1n) is 8.47. The molecule has 0 aliphatic rings. The zero-order chi connectivity index (χ0) is 19.4. The van der Waals surface area contributed by atoms with Crippen molar-refractivity contribution in [1.29, 1.82) is 0 Å². The Morgan fingerprint density at radius 1 is 1.33 bits per heavy atom. The van der Waals surface area contributed by atoms with Gasteiger partial charge in [0.15, 0.2) is 5.69 Å². The summed E-state index contributed by atoms with van der Waals surface area (Å²) in [4.78, 5) is 12.5. The van der Waals surface area contributed by atoms with E-state index in [2.05, 4.69) is 42.7 Å². The van der Waals surface area contributed by atoms with Crippen LogP contribution in [0.1, 0.15) is 54.0 Å². The maximum absolute atomic E-state index is 12.5. The molecule has 0 aliphatic carbocycles. The van der Waals surface area contributed by atoms with Crippen molar-refractivity contribution < 1.29 is 9.42 Å². The van der Waals surface area contributed by atoms with Crippen molar-refractivity contribution in [3.05, 3.63) is 46.8 Å². The highest BCUT2D eigenvalue weighted by Gasteiger charge is 2.25. The molecule has 0 fully saturated rings. The molecule has 0 saturated carbocycles. The number of nitrogen functional groups attached to an aromatic ring is 1. The number of amides is 1. The molecule has 27 heavy (non-hydrogen) atoms. The van der Waals surface area contributed by atoms with Gasteiger partial charge < -0.3 is 5.73 Å². The molecular formula is C17H20N8O2. The minimum atomic E-state index is -0.485. The first-order valence-corrected chi connectivity index (χ1v) is 8.47. The van der Waals surface area contributed by atoms with Gasteiger partial charge in [-0.3, -0.25) is 4.79 Å². The van der Waals surface area contributed by atoms with Gasteiger partial charge >= 0.3 is 0 Å². The van der Waals surface area contributed by atoms with Gasteiger partial charge in [0, 0.05) is 0 Å².